The summed E-state index contributed by atoms with van der Waals surface area (Å²) in [6, 6.07) is 0. The summed E-state index contributed by atoms with van der Waals surface area (Å²) in [5.74, 6) is 0.700. The van der Waals surface area contributed by atoms with Gasteiger partial charge in [-0.1, -0.05) is 6.92 Å². The molecule has 0 N–H and O–H groups in total. The first-order chi connectivity index (χ1) is 5.27. The lowest BCUT2D eigenvalue weighted by molar-refractivity contribution is -0.0362. The minimum atomic E-state index is 0.411. The lowest BCUT2D eigenvalue weighted by Gasteiger charge is -2.32. The molecule has 1 saturated carbocycles. The molecule has 0 spiro atoms. The largest absolute Gasteiger partial charge is 0.381 e. The molecule has 1 aliphatic carbocycles. The molecule has 2 heteroatoms. The summed E-state index contributed by atoms with van der Waals surface area (Å²) in [6.07, 6.45) is 4.33. The standard InChI is InChI=1S/C9H18O2/c1-7-4-5-8(10-2)6-9(7)11-3/h7-9H,4-6H2,1-3H3. The van der Waals surface area contributed by atoms with Crippen molar-refractivity contribution in [1.82, 2.24) is 0 Å². The molecule has 0 heterocycles. The first kappa shape index (κ1) is 9.01. The fourth-order valence-electron chi connectivity index (χ4n) is 1.79. The average Bonchev–Trinajstić information content (AvgIpc) is 2.05. The first-order valence-electron chi connectivity index (χ1n) is 4.33. The van der Waals surface area contributed by atoms with Gasteiger partial charge in [0.1, 0.15) is 0 Å². The molecule has 1 fully saturated rings. The Morgan fingerprint density at radius 3 is 2.36 bits per heavy atom. The maximum absolute atomic E-state index is 5.36. The predicted molar refractivity (Wildman–Crippen MR) is 44.6 cm³/mol. The number of hydrogen-bond acceptors (Lipinski definition) is 2. The van der Waals surface area contributed by atoms with Gasteiger partial charge in [-0.25, -0.2) is 0 Å². The maximum Gasteiger partial charge on any atom is 0.0621 e. The van der Waals surface area contributed by atoms with Crippen molar-refractivity contribution in [3.63, 3.8) is 0 Å². The zero-order chi connectivity index (χ0) is 8.27. The normalized spacial score (nSPS) is 39.0. The summed E-state index contributed by atoms with van der Waals surface area (Å²) in [7, 11) is 3.58. The molecule has 2 nitrogen and oxygen atoms in total. The summed E-state index contributed by atoms with van der Waals surface area (Å²) in [5.41, 5.74) is 0. The Balaban J connectivity index is 2.37. The molecule has 3 atom stereocenters. The number of rotatable bonds is 2. The Hall–Kier alpha value is -0.0800. The molecule has 0 aliphatic heterocycles. The third-order valence-electron chi connectivity index (χ3n) is 2.71. The smallest absolute Gasteiger partial charge is 0.0621 e. The van der Waals surface area contributed by atoms with Crippen LogP contribution in [0, 0.1) is 5.92 Å². The van der Waals surface area contributed by atoms with Crippen LogP contribution < -0.4 is 0 Å². The van der Waals surface area contributed by atoms with E-state index in [1.807, 2.05) is 0 Å². The molecular formula is C9H18O2. The van der Waals surface area contributed by atoms with E-state index in [4.69, 9.17) is 9.47 Å². The monoisotopic (exact) mass is 158 g/mol. The van der Waals surface area contributed by atoms with Crippen LogP contribution >= 0.6 is 0 Å². The van der Waals surface area contributed by atoms with Gasteiger partial charge >= 0.3 is 0 Å². The summed E-state index contributed by atoms with van der Waals surface area (Å²) in [6.45, 7) is 2.25. The van der Waals surface area contributed by atoms with Crippen LogP contribution in [0.3, 0.4) is 0 Å². The fraction of sp³-hybridized carbons (Fsp3) is 1.00. The van der Waals surface area contributed by atoms with Crippen LogP contribution in [0.4, 0.5) is 0 Å². The predicted octanol–water partition coefficient (Wildman–Crippen LogP) is 1.84. The van der Waals surface area contributed by atoms with Gasteiger partial charge in [0, 0.05) is 14.2 Å². The molecule has 3 unspecified atom stereocenters. The van der Waals surface area contributed by atoms with Gasteiger partial charge < -0.3 is 9.47 Å². The highest BCUT2D eigenvalue weighted by atomic mass is 16.5. The van der Waals surface area contributed by atoms with E-state index in [0.717, 1.165) is 6.42 Å². The summed E-state index contributed by atoms with van der Waals surface area (Å²) < 4.78 is 10.6. The van der Waals surface area contributed by atoms with Crippen LogP contribution in [0.2, 0.25) is 0 Å². The number of ether oxygens (including phenoxy) is 2. The highest BCUT2D eigenvalue weighted by Crippen LogP contribution is 2.27. The van der Waals surface area contributed by atoms with Crippen LogP contribution in [-0.2, 0) is 9.47 Å². The van der Waals surface area contributed by atoms with Crippen molar-refractivity contribution in [3.05, 3.63) is 0 Å². The van der Waals surface area contributed by atoms with E-state index in [1.165, 1.54) is 12.8 Å². The maximum atomic E-state index is 5.36. The van der Waals surface area contributed by atoms with Crippen LogP contribution in [0.5, 0.6) is 0 Å². The second-order valence-electron chi connectivity index (χ2n) is 3.42. The van der Waals surface area contributed by atoms with E-state index in [2.05, 4.69) is 6.92 Å². The molecule has 0 radical (unpaired) electrons. The molecule has 0 saturated heterocycles. The quantitative estimate of drug-likeness (QED) is 0.610. The highest BCUT2D eigenvalue weighted by Gasteiger charge is 2.27. The zero-order valence-electron chi connectivity index (χ0n) is 7.67. The Morgan fingerprint density at radius 2 is 1.82 bits per heavy atom. The summed E-state index contributed by atoms with van der Waals surface area (Å²) in [4.78, 5) is 0. The van der Waals surface area contributed by atoms with Crippen molar-refractivity contribution in [2.24, 2.45) is 5.92 Å². The molecule has 66 valence electrons. The van der Waals surface area contributed by atoms with Crippen LogP contribution in [0.1, 0.15) is 26.2 Å². The molecule has 0 aromatic carbocycles. The Labute approximate surface area is 68.9 Å². The SMILES string of the molecule is COC1CCC(C)C(OC)C1. The van der Waals surface area contributed by atoms with Gasteiger partial charge in [0.05, 0.1) is 12.2 Å². The minimum Gasteiger partial charge on any atom is -0.381 e. The van der Waals surface area contributed by atoms with Crippen LogP contribution in [0.15, 0.2) is 0 Å². The van der Waals surface area contributed by atoms with Crippen molar-refractivity contribution in [2.45, 2.75) is 38.4 Å². The van der Waals surface area contributed by atoms with Crippen molar-refractivity contribution in [1.29, 1.82) is 0 Å². The third-order valence-corrected chi connectivity index (χ3v) is 2.71. The van der Waals surface area contributed by atoms with Gasteiger partial charge in [0.25, 0.3) is 0 Å². The molecule has 0 amide bonds. The minimum absolute atomic E-state index is 0.411. The second kappa shape index (κ2) is 4.07. The molecule has 0 aromatic rings. The van der Waals surface area contributed by atoms with E-state index < -0.39 is 0 Å². The van der Waals surface area contributed by atoms with Crippen molar-refractivity contribution in [2.75, 3.05) is 14.2 Å². The lowest BCUT2D eigenvalue weighted by atomic mass is 9.86. The molecule has 1 aliphatic rings. The van der Waals surface area contributed by atoms with Gasteiger partial charge in [-0.2, -0.15) is 0 Å². The molecular weight excluding hydrogens is 140 g/mol. The van der Waals surface area contributed by atoms with Gasteiger partial charge in [-0.3, -0.25) is 0 Å². The Kier molecular flexibility index (Phi) is 3.34. The van der Waals surface area contributed by atoms with Crippen molar-refractivity contribution >= 4 is 0 Å². The van der Waals surface area contributed by atoms with E-state index in [-0.39, 0.29) is 0 Å². The van der Waals surface area contributed by atoms with Crippen LogP contribution in [-0.4, -0.2) is 26.4 Å². The Bertz CT molecular complexity index is 114. The molecule has 0 bridgehead atoms. The van der Waals surface area contributed by atoms with Crippen molar-refractivity contribution < 1.29 is 9.47 Å². The lowest BCUT2D eigenvalue weighted by Crippen LogP contribution is -2.32. The third kappa shape index (κ3) is 2.17. The average molecular weight is 158 g/mol. The molecule has 0 aromatic heterocycles. The van der Waals surface area contributed by atoms with E-state index in [9.17, 15) is 0 Å². The van der Waals surface area contributed by atoms with Gasteiger partial charge in [0.2, 0.25) is 0 Å². The topological polar surface area (TPSA) is 18.5 Å². The van der Waals surface area contributed by atoms with Crippen LogP contribution in [0.25, 0.3) is 0 Å². The van der Waals surface area contributed by atoms with Gasteiger partial charge in [-0.15, -0.1) is 0 Å². The van der Waals surface area contributed by atoms with E-state index in [0.29, 0.717) is 18.1 Å². The van der Waals surface area contributed by atoms with Gasteiger partial charge in [0.15, 0.2) is 0 Å². The molecule has 1 rings (SSSR count). The van der Waals surface area contributed by atoms with E-state index in [1.54, 1.807) is 14.2 Å². The second-order valence-corrected chi connectivity index (χ2v) is 3.42. The zero-order valence-corrected chi connectivity index (χ0v) is 7.67. The number of hydrogen-bond donors (Lipinski definition) is 0. The van der Waals surface area contributed by atoms with E-state index >= 15 is 0 Å². The summed E-state index contributed by atoms with van der Waals surface area (Å²) in [5, 5.41) is 0. The first-order valence-corrected chi connectivity index (χ1v) is 4.33. The fourth-order valence-corrected chi connectivity index (χ4v) is 1.79. The van der Waals surface area contributed by atoms with Gasteiger partial charge in [-0.05, 0) is 25.2 Å². The number of methoxy groups -OCH3 is 2. The Morgan fingerprint density at radius 1 is 1.09 bits per heavy atom. The summed E-state index contributed by atoms with van der Waals surface area (Å²) >= 11 is 0. The highest BCUT2D eigenvalue weighted by molar-refractivity contribution is 4.78. The molecule has 11 heavy (non-hydrogen) atoms. The van der Waals surface area contributed by atoms with Crippen molar-refractivity contribution in [3.8, 4) is 0 Å².